The molecule has 1 amide bonds. The second-order valence-corrected chi connectivity index (χ2v) is 6.55. The van der Waals surface area contributed by atoms with Gasteiger partial charge >= 0.3 is 0 Å². The van der Waals surface area contributed by atoms with Gasteiger partial charge in [-0.15, -0.1) is 0 Å². The maximum absolute atomic E-state index is 12.5. The van der Waals surface area contributed by atoms with Crippen molar-refractivity contribution >= 4 is 5.91 Å². The summed E-state index contributed by atoms with van der Waals surface area (Å²) >= 11 is 0. The van der Waals surface area contributed by atoms with Crippen LogP contribution in [0.2, 0.25) is 0 Å². The van der Waals surface area contributed by atoms with Gasteiger partial charge in [0.1, 0.15) is 0 Å². The first-order chi connectivity index (χ1) is 11.1. The van der Waals surface area contributed by atoms with Crippen molar-refractivity contribution in [2.45, 2.75) is 39.2 Å². The van der Waals surface area contributed by atoms with E-state index < -0.39 is 6.04 Å². The lowest BCUT2D eigenvalue weighted by Gasteiger charge is -2.35. The largest absolute Gasteiger partial charge is 0.341 e. The van der Waals surface area contributed by atoms with Crippen LogP contribution in [-0.4, -0.2) is 54.5 Å². The van der Waals surface area contributed by atoms with Crippen LogP contribution in [0.25, 0.3) is 0 Å². The molecule has 4 nitrogen and oxygen atoms in total. The molecule has 128 valence electrons. The van der Waals surface area contributed by atoms with Crippen LogP contribution in [0.4, 0.5) is 0 Å². The summed E-state index contributed by atoms with van der Waals surface area (Å²) in [6, 6.07) is 9.61. The van der Waals surface area contributed by atoms with Crippen LogP contribution in [0.3, 0.4) is 0 Å². The van der Waals surface area contributed by atoms with E-state index in [2.05, 4.69) is 18.7 Å². The van der Waals surface area contributed by atoms with Gasteiger partial charge in [-0.1, -0.05) is 44.2 Å². The lowest BCUT2D eigenvalue weighted by molar-refractivity contribution is -0.134. The summed E-state index contributed by atoms with van der Waals surface area (Å²) in [5.74, 6) is 0.819. The van der Waals surface area contributed by atoms with E-state index in [1.807, 2.05) is 35.2 Å². The highest BCUT2D eigenvalue weighted by Gasteiger charge is 2.26. The third-order valence-corrected chi connectivity index (χ3v) is 4.95. The van der Waals surface area contributed by atoms with Crippen LogP contribution < -0.4 is 5.73 Å². The Bertz CT molecular complexity index is 465. The molecule has 0 bridgehead atoms. The molecule has 0 aromatic heterocycles. The third kappa shape index (κ3) is 5.33. The minimum absolute atomic E-state index is 0.107. The minimum Gasteiger partial charge on any atom is -0.341 e. The molecular weight excluding hydrogens is 286 g/mol. The topological polar surface area (TPSA) is 49.6 Å². The Kier molecular flexibility index (Phi) is 7.06. The van der Waals surface area contributed by atoms with Crippen LogP contribution in [0.15, 0.2) is 30.3 Å². The molecule has 0 aliphatic carbocycles. The van der Waals surface area contributed by atoms with E-state index in [0.29, 0.717) is 12.3 Å². The molecule has 1 unspecified atom stereocenters. The molecule has 23 heavy (non-hydrogen) atoms. The number of likely N-dealkylation sites (tertiary alicyclic amines) is 1. The lowest BCUT2D eigenvalue weighted by Crippen LogP contribution is -2.49. The molecule has 1 saturated heterocycles. The molecule has 1 aromatic carbocycles. The Morgan fingerprint density at radius 1 is 1.22 bits per heavy atom. The molecule has 0 radical (unpaired) electrons. The van der Waals surface area contributed by atoms with Gasteiger partial charge in [0.25, 0.3) is 0 Å². The molecule has 1 aliphatic heterocycles. The van der Waals surface area contributed by atoms with Crippen molar-refractivity contribution in [3.05, 3.63) is 35.9 Å². The van der Waals surface area contributed by atoms with Crippen molar-refractivity contribution in [1.82, 2.24) is 9.80 Å². The summed E-state index contributed by atoms with van der Waals surface area (Å²) < 4.78 is 0. The standard InChI is InChI=1S/C19H31N3O/c1-3-21(4-2)15-17-10-12-22(13-11-17)19(23)18(20)14-16-8-6-5-7-9-16/h5-9,17-18H,3-4,10-15,20H2,1-2H3. The molecule has 4 heteroatoms. The number of nitrogens with two attached hydrogens (primary N) is 1. The average Bonchev–Trinajstić information content (AvgIpc) is 2.60. The number of hydrogen-bond acceptors (Lipinski definition) is 3. The summed E-state index contributed by atoms with van der Waals surface area (Å²) in [6.45, 7) is 9.51. The van der Waals surface area contributed by atoms with Crippen LogP contribution in [-0.2, 0) is 11.2 Å². The van der Waals surface area contributed by atoms with Crippen LogP contribution >= 0.6 is 0 Å². The quantitative estimate of drug-likeness (QED) is 0.838. The molecular formula is C19H31N3O. The monoisotopic (exact) mass is 317 g/mol. The molecule has 2 N–H and O–H groups in total. The highest BCUT2D eigenvalue weighted by atomic mass is 16.2. The molecule has 1 aromatic rings. The van der Waals surface area contributed by atoms with Crippen molar-refractivity contribution < 1.29 is 4.79 Å². The number of rotatable bonds is 7. The molecule has 0 spiro atoms. The SMILES string of the molecule is CCN(CC)CC1CCN(C(=O)C(N)Cc2ccccc2)CC1. The first-order valence-corrected chi connectivity index (χ1v) is 8.94. The number of benzene rings is 1. The summed E-state index contributed by atoms with van der Waals surface area (Å²) in [5.41, 5.74) is 7.27. The fraction of sp³-hybridized carbons (Fsp3) is 0.632. The average molecular weight is 317 g/mol. The van der Waals surface area contributed by atoms with Gasteiger partial charge in [0.05, 0.1) is 6.04 Å². The number of nitrogens with zero attached hydrogens (tertiary/aromatic N) is 2. The maximum Gasteiger partial charge on any atom is 0.239 e. The Hall–Kier alpha value is -1.39. The van der Waals surface area contributed by atoms with E-state index in [9.17, 15) is 4.79 Å². The number of carbonyl (C=O) groups excluding carboxylic acids is 1. The third-order valence-electron chi connectivity index (χ3n) is 4.95. The van der Waals surface area contributed by atoms with E-state index >= 15 is 0 Å². The van der Waals surface area contributed by atoms with Gasteiger partial charge in [0.2, 0.25) is 5.91 Å². The van der Waals surface area contributed by atoms with Gasteiger partial charge < -0.3 is 15.5 Å². The van der Waals surface area contributed by atoms with Crippen LogP contribution in [0.1, 0.15) is 32.3 Å². The molecule has 2 rings (SSSR count). The van der Waals surface area contributed by atoms with Gasteiger partial charge in [-0.05, 0) is 43.8 Å². The van der Waals surface area contributed by atoms with Gasteiger partial charge in [-0.25, -0.2) is 0 Å². The van der Waals surface area contributed by atoms with Gasteiger partial charge in [0, 0.05) is 19.6 Å². The minimum atomic E-state index is -0.420. The van der Waals surface area contributed by atoms with E-state index in [-0.39, 0.29) is 5.91 Å². The predicted molar refractivity (Wildman–Crippen MR) is 95.2 cm³/mol. The Labute approximate surface area is 140 Å². The maximum atomic E-state index is 12.5. The molecule has 1 fully saturated rings. The Balaban J connectivity index is 1.79. The highest BCUT2D eigenvalue weighted by molar-refractivity contribution is 5.82. The Morgan fingerprint density at radius 3 is 2.39 bits per heavy atom. The van der Waals surface area contributed by atoms with E-state index in [4.69, 9.17) is 5.73 Å². The first-order valence-electron chi connectivity index (χ1n) is 8.94. The van der Waals surface area contributed by atoms with Crippen molar-refractivity contribution in [3.8, 4) is 0 Å². The number of amides is 1. The van der Waals surface area contributed by atoms with E-state index in [0.717, 1.165) is 51.1 Å². The van der Waals surface area contributed by atoms with Crippen LogP contribution in [0, 0.1) is 5.92 Å². The fourth-order valence-corrected chi connectivity index (χ4v) is 3.37. The van der Waals surface area contributed by atoms with Gasteiger partial charge in [0.15, 0.2) is 0 Å². The zero-order valence-corrected chi connectivity index (χ0v) is 14.6. The Morgan fingerprint density at radius 2 is 1.83 bits per heavy atom. The smallest absolute Gasteiger partial charge is 0.239 e. The van der Waals surface area contributed by atoms with Gasteiger partial charge in [-0.3, -0.25) is 4.79 Å². The first kappa shape index (κ1) is 18.0. The number of hydrogen-bond donors (Lipinski definition) is 1. The lowest BCUT2D eigenvalue weighted by atomic mass is 9.95. The number of carbonyl (C=O) groups is 1. The van der Waals surface area contributed by atoms with Crippen LogP contribution in [0.5, 0.6) is 0 Å². The van der Waals surface area contributed by atoms with Crippen molar-refractivity contribution in [1.29, 1.82) is 0 Å². The summed E-state index contributed by atoms with van der Waals surface area (Å²) in [7, 11) is 0. The summed E-state index contributed by atoms with van der Waals surface area (Å²) in [6.07, 6.45) is 2.82. The number of piperidine rings is 1. The second-order valence-electron chi connectivity index (χ2n) is 6.55. The summed E-state index contributed by atoms with van der Waals surface area (Å²) in [4.78, 5) is 17.0. The zero-order valence-electron chi connectivity index (χ0n) is 14.6. The van der Waals surface area contributed by atoms with Gasteiger partial charge in [-0.2, -0.15) is 0 Å². The fourth-order valence-electron chi connectivity index (χ4n) is 3.37. The summed E-state index contributed by atoms with van der Waals surface area (Å²) in [5, 5.41) is 0. The molecule has 1 atom stereocenters. The second kappa shape index (κ2) is 9.04. The zero-order chi connectivity index (χ0) is 16.7. The normalized spacial score (nSPS) is 17.5. The highest BCUT2D eigenvalue weighted by Crippen LogP contribution is 2.19. The molecule has 1 heterocycles. The van der Waals surface area contributed by atoms with Crippen molar-refractivity contribution in [2.24, 2.45) is 11.7 Å². The predicted octanol–water partition coefficient (Wildman–Crippen LogP) is 2.14. The van der Waals surface area contributed by atoms with Crippen molar-refractivity contribution in [3.63, 3.8) is 0 Å². The van der Waals surface area contributed by atoms with E-state index in [1.54, 1.807) is 0 Å². The molecule has 1 aliphatic rings. The van der Waals surface area contributed by atoms with E-state index in [1.165, 1.54) is 0 Å². The molecule has 0 saturated carbocycles. The van der Waals surface area contributed by atoms with Crippen molar-refractivity contribution in [2.75, 3.05) is 32.7 Å².